The van der Waals surface area contributed by atoms with Crippen molar-refractivity contribution >= 4 is 23.3 Å². The molecule has 3 aromatic carbocycles. The summed E-state index contributed by atoms with van der Waals surface area (Å²) in [5.74, 6) is -2.97. The van der Waals surface area contributed by atoms with Crippen LogP contribution in [0.5, 0.6) is 0 Å². The van der Waals surface area contributed by atoms with Crippen molar-refractivity contribution in [3.05, 3.63) is 101 Å². The van der Waals surface area contributed by atoms with Gasteiger partial charge in [0, 0.05) is 24.7 Å². The van der Waals surface area contributed by atoms with Crippen molar-refractivity contribution in [1.29, 1.82) is 0 Å². The molecule has 4 rings (SSSR count). The Morgan fingerprint density at radius 2 is 1.69 bits per heavy atom. The van der Waals surface area contributed by atoms with Crippen molar-refractivity contribution < 1.29 is 23.2 Å². The lowest BCUT2D eigenvalue weighted by atomic mass is 9.85. The number of carbonyl (C=O) groups is 3. The highest BCUT2D eigenvalue weighted by Crippen LogP contribution is 2.32. The number of anilines is 1. The Morgan fingerprint density at radius 3 is 2.41 bits per heavy atom. The van der Waals surface area contributed by atoms with Gasteiger partial charge in [-0.25, -0.2) is 8.78 Å². The first-order valence-electron chi connectivity index (χ1n) is 10.1. The van der Waals surface area contributed by atoms with Crippen LogP contribution in [-0.4, -0.2) is 24.6 Å². The Morgan fingerprint density at radius 1 is 0.938 bits per heavy atom. The van der Waals surface area contributed by atoms with Crippen molar-refractivity contribution in [3.63, 3.8) is 0 Å². The van der Waals surface area contributed by atoms with Crippen LogP contribution in [0.2, 0.25) is 0 Å². The van der Waals surface area contributed by atoms with Gasteiger partial charge in [-0.15, -0.1) is 0 Å². The van der Waals surface area contributed by atoms with Crippen LogP contribution in [0.15, 0.2) is 66.7 Å². The van der Waals surface area contributed by atoms with E-state index >= 15 is 0 Å². The fourth-order valence-corrected chi connectivity index (χ4v) is 3.79. The third-order valence-corrected chi connectivity index (χ3v) is 5.53. The molecule has 162 valence electrons. The number of fused-ring (bicyclic) bond motifs is 1. The van der Waals surface area contributed by atoms with Gasteiger partial charge in [-0.2, -0.15) is 0 Å². The zero-order valence-electron chi connectivity index (χ0n) is 17.3. The van der Waals surface area contributed by atoms with Crippen LogP contribution in [0.4, 0.5) is 14.5 Å². The van der Waals surface area contributed by atoms with Crippen LogP contribution in [0.1, 0.15) is 31.8 Å². The molecule has 0 spiro atoms. The summed E-state index contributed by atoms with van der Waals surface area (Å²) < 4.78 is 26.6. The van der Waals surface area contributed by atoms with Gasteiger partial charge in [0.1, 0.15) is 17.6 Å². The molecule has 7 heteroatoms. The van der Waals surface area contributed by atoms with Gasteiger partial charge in [0.2, 0.25) is 5.91 Å². The molecule has 1 N–H and O–H groups in total. The summed E-state index contributed by atoms with van der Waals surface area (Å²) in [6, 6.07) is 16.1. The first kappa shape index (κ1) is 21.4. The van der Waals surface area contributed by atoms with Crippen LogP contribution in [0.25, 0.3) is 0 Å². The van der Waals surface area contributed by atoms with Crippen molar-refractivity contribution in [1.82, 2.24) is 5.32 Å². The summed E-state index contributed by atoms with van der Waals surface area (Å²) in [6.07, 6.45) is 0.0696. The second kappa shape index (κ2) is 8.70. The van der Waals surface area contributed by atoms with E-state index in [0.717, 1.165) is 5.56 Å². The highest BCUT2D eigenvalue weighted by molar-refractivity contribution is 6.22. The molecule has 32 heavy (non-hydrogen) atoms. The maximum absolute atomic E-state index is 13.5. The van der Waals surface area contributed by atoms with E-state index in [1.807, 2.05) is 0 Å². The Balaban J connectivity index is 1.55. The van der Waals surface area contributed by atoms with E-state index in [-0.39, 0.29) is 35.8 Å². The second-order valence-corrected chi connectivity index (χ2v) is 7.69. The lowest BCUT2D eigenvalue weighted by Crippen LogP contribution is -2.43. The standard InChI is InChI=1S/C25H20F2N2O3/c1-29-22-10-7-17(24(31)28-14-15-5-8-18(26)9-6-15)13-20(22)23(30)21(25(29)32)12-16-3-2-4-19(27)11-16/h2-11,13,21H,12,14H2,1H3,(H,28,31). The number of halogens is 2. The number of nitrogens with one attached hydrogen (secondary N) is 1. The minimum absolute atomic E-state index is 0.0696. The van der Waals surface area contributed by atoms with E-state index in [4.69, 9.17) is 0 Å². The topological polar surface area (TPSA) is 66.5 Å². The maximum atomic E-state index is 13.5. The molecule has 0 saturated carbocycles. The van der Waals surface area contributed by atoms with Crippen LogP contribution in [0, 0.1) is 17.6 Å². The van der Waals surface area contributed by atoms with Crippen LogP contribution < -0.4 is 10.2 Å². The number of ketones is 1. The molecule has 1 atom stereocenters. The van der Waals surface area contributed by atoms with Gasteiger partial charge in [0.05, 0.1) is 5.69 Å². The lowest BCUT2D eigenvalue weighted by Gasteiger charge is -2.30. The molecule has 1 aliphatic rings. The number of amides is 2. The number of hydrogen-bond donors (Lipinski definition) is 1. The highest BCUT2D eigenvalue weighted by Gasteiger charge is 2.38. The minimum Gasteiger partial charge on any atom is -0.348 e. The molecule has 0 saturated heterocycles. The monoisotopic (exact) mass is 434 g/mol. The summed E-state index contributed by atoms with van der Waals surface area (Å²) in [7, 11) is 1.57. The normalized spacial score (nSPS) is 15.5. The fraction of sp³-hybridized carbons (Fsp3) is 0.160. The smallest absolute Gasteiger partial charge is 0.251 e. The van der Waals surface area contributed by atoms with E-state index in [1.54, 1.807) is 37.4 Å². The largest absolute Gasteiger partial charge is 0.348 e. The maximum Gasteiger partial charge on any atom is 0.251 e. The predicted octanol–water partition coefficient (Wildman–Crippen LogP) is 3.91. The van der Waals surface area contributed by atoms with E-state index in [9.17, 15) is 23.2 Å². The van der Waals surface area contributed by atoms with Gasteiger partial charge >= 0.3 is 0 Å². The average molecular weight is 434 g/mol. The molecule has 2 amide bonds. The highest BCUT2D eigenvalue weighted by atomic mass is 19.1. The molecule has 5 nitrogen and oxygen atoms in total. The SMILES string of the molecule is CN1C(=O)C(Cc2cccc(F)c2)C(=O)c2cc(C(=O)NCc3ccc(F)cc3)ccc21. The second-order valence-electron chi connectivity index (χ2n) is 7.69. The summed E-state index contributed by atoms with van der Waals surface area (Å²) >= 11 is 0. The lowest BCUT2D eigenvalue weighted by molar-refractivity contribution is -0.121. The predicted molar refractivity (Wildman–Crippen MR) is 115 cm³/mol. The molecular formula is C25H20F2N2O3. The van der Waals surface area contributed by atoms with Crippen molar-refractivity contribution in [2.75, 3.05) is 11.9 Å². The number of carbonyl (C=O) groups excluding carboxylic acids is 3. The van der Waals surface area contributed by atoms with Gasteiger partial charge in [-0.1, -0.05) is 24.3 Å². The van der Waals surface area contributed by atoms with E-state index < -0.39 is 23.4 Å². The summed E-state index contributed by atoms with van der Waals surface area (Å²) in [5, 5.41) is 2.74. The van der Waals surface area contributed by atoms with E-state index in [0.29, 0.717) is 11.3 Å². The summed E-state index contributed by atoms with van der Waals surface area (Å²) in [6.45, 7) is 0.199. The first-order chi connectivity index (χ1) is 15.3. The summed E-state index contributed by atoms with van der Waals surface area (Å²) in [4.78, 5) is 39.9. The Kier molecular flexibility index (Phi) is 5.81. The number of nitrogens with zero attached hydrogens (tertiary/aromatic N) is 1. The molecule has 0 aromatic heterocycles. The van der Waals surface area contributed by atoms with E-state index in [2.05, 4.69) is 5.32 Å². The average Bonchev–Trinajstić information content (AvgIpc) is 2.79. The van der Waals surface area contributed by atoms with Gasteiger partial charge in [-0.3, -0.25) is 14.4 Å². The van der Waals surface area contributed by atoms with Gasteiger partial charge < -0.3 is 10.2 Å². The zero-order valence-corrected chi connectivity index (χ0v) is 17.3. The Hall–Kier alpha value is -3.87. The fourth-order valence-electron chi connectivity index (χ4n) is 3.79. The molecule has 0 aliphatic carbocycles. The van der Waals surface area contributed by atoms with Crippen molar-refractivity contribution in [2.45, 2.75) is 13.0 Å². The molecule has 3 aromatic rings. The van der Waals surface area contributed by atoms with Crippen molar-refractivity contribution in [3.8, 4) is 0 Å². The van der Waals surface area contributed by atoms with Gasteiger partial charge in [-0.05, 0) is 60.0 Å². The van der Waals surface area contributed by atoms with Gasteiger partial charge in [0.15, 0.2) is 5.78 Å². The Bertz CT molecular complexity index is 1210. The van der Waals surface area contributed by atoms with Crippen LogP contribution in [-0.2, 0) is 17.8 Å². The number of Topliss-reactive ketones (excluding diaryl/α,β-unsaturated/α-hetero) is 1. The molecule has 1 unspecified atom stereocenters. The van der Waals surface area contributed by atoms with Crippen LogP contribution in [0.3, 0.4) is 0 Å². The molecule has 1 heterocycles. The number of rotatable bonds is 5. The zero-order chi connectivity index (χ0) is 22.8. The number of hydrogen-bond acceptors (Lipinski definition) is 3. The molecule has 0 bridgehead atoms. The first-order valence-corrected chi connectivity index (χ1v) is 10.1. The summed E-state index contributed by atoms with van der Waals surface area (Å²) in [5.41, 5.74) is 2.23. The quantitative estimate of drug-likeness (QED) is 0.619. The molecular weight excluding hydrogens is 414 g/mol. The molecule has 1 aliphatic heterocycles. The number of benzene rings is 3. The van der Waals surface area contributed by atoms with Crippen molar-refractivity contribution in [2.24, 2.45) is 5.92 Å². The Labute approximate surface area is 183 Å². The molecule has 0 fully saturated rings. The third kappa shape index (κ3) is 4.27. The molecule has 0 radical (unpaired) electrons. The van der Waals surface area contributed by atoms with Gasteiger partial charge in [0.25, 0.3) is 5.91 Å². The third-order valence-electron chi connectivity index (χ3n) is 5.53. The van der Waals surface area contributed by atoms with Crippen LogP contribution >= 0.6 is 0 Å². The van der Waals surface area contributed by atoms with E-state index in [1.165, 1.54) is 41.3 Å². The minimum atomic E-state index is -0.994.